The van der Waals surface area contributed by atoms with Gasteiger partial charge in [-0.3, -0.25) is 14.5 Å². The molecule has 0 bridgehead atoms. The largest absolute Gasteiger partial charge is 0.351 e. The number of nitrogens with one attached hydrogen (secondary N) is 1. The highest BCUT2D eigenvalue weighted by Crippen LogP contribution is 2.31. The van der Waals surface area contributed by atoms with Crippen molar-refractivity contribution in [3.8, 4) is 0 Å². The van der Waals surface area contributed by atoms with Gasteiger partial charge in [0.05, 0.1) is 10.4 Å². The Kier molecular flexibility index (Phi) is 8.46. The minimum atomic E-state index is -3.68. The van der Waals surface area contributed by atoms with Gasteiger partial charge in [-0.05, 0) is 54.8 Å². The summed E-state index contributed by atoms with van der Waals surface area (Å²) in [6.45, 7) is -0.168. The van der Waals surface area contributed by atoms with Crippen LogP contribution in [0.25, 0.3) is 11.0 Å². The summed E-state index contributed by atoms with van der Waals surface area (Å²) < 4.78 is 28.1. The topological polar surface area (TPSA) is 118 Å². The number of benzene rings is 3. The van der Waals surface area contributed by atoms with Crippen LogP contribution in [0.3, 0.4) is 0 Å². The molecule has 1 aliphatic carbocycles. The summed E-state index contributed by atoms with van der Waals surface area (Å²) in [7, 11) is -0.763. The third-order valence-electron chi connectivity index (χ3n) is 7.44. The van der Waals surface area contributed by atoms with Crippen LogP contribution in [0, 0.1) is 0 Å². The Hall–Kier alpha value is -4.09. The van der Waals surface area contributed by atoms with Crippen molar-refractivity contribution in [2.24, 2.45) is 0 Å². The molecule has 3 aromatic carbocycles. The number of para-hydroxylation sites is 1. The maximum Gasteiger partial charge on any atom is 0.249 e. The summed E-state index contributed by atoms with van der Waals surface area (Å²) in [6.07, 6.45) is 5.02. The Morgan fingerprint density at radius 2 is 1.59 bits per heavy atom. The molecule has 41 heavy (non-hydrogen) atoms. The average Bonchev–Trinajstić information content (AvgIpc) is 3.39. The third-order valence-corrected chi connectivity index (χ3v) is 9.27. The number of fused-ring (bicyclic) bond motifs is 1. The van der Waals surface area contributed by atoms with Crippen molar-refractivity contribution >= 4 is 38.6 Å². The Labute approximate surface area is 240 Å². The molecule has 11 heteroatoms. The van der Waals surface area contributed by atoms with E-state index in [2.05, 4.69) is 15.6 Å². The number of amides is 2. The Morgan fingerprint density at radius 1 is 0.927 bits per heavy atom. The predicted octanol–water partition coefficient (Wildman–Crippen LogP) is 3.91. The van der Waals surface area contributed by atoms with Crippen LogP contribution in [0.1, 0.15) is 43.7 Å². The second-order valence-electron chi connectivity index (χ2n) is 10.4. The SMILES string of the molecule is CN(C)S(=O)(=O)c1ccc(N(C(=O)Cn2nnc3ccccc32)C(C(=O)NC2CCCCC2)c2ccccc2)cc1. The van der Waals surface area contributed by atoms with Gasteiger partial charge in [-0.2, -0.15) is 0 Å². The summed E-state index contributed by atoms with van der Waals surface area (Å²) >= 11 is 0. The molecule has 0 saturated heterocycles. The van der Waals surface area contributed by atoms with E-state index in [-0.39, 0.29) is 23.4 Å². The van der Waals surface area contributed by atoms with E-state index in [4.69, 9.17) is 0 Å². The lowest BCUT2D eigenvalue weighted by Gasteiger charge is -2.33. The minimum absolute atomic E-state index is 0.0336. The zero-order chi connectivity index (χ0) is 29.0. The maximum absolute atomic E-state index is 14.2. The van der Waals surface area contributed by atoms with E-state index >= 15 is 0 Å². The van der Waals surface area contributed by atoms with Crippen LogP contribution in [0.2, 0.25) is 0 Å². The number of carbonyl (C=O) groups excluding carboxylic acids is 2. The smallest absolute Gasteiger partial charge is 0.249 e. The summed E-state index contributed by atoms with van der Waals surface area (Å²) in [5.41, 5.74) is 2.38. The fraction of sp³-hybridized carbons (Fsp3) is 0.333. The first-order valence-electron chi connectivity index (χ1n) is 13.7. The van der Waals surface area contributed by atoms with Gasteiger partial charge in [0.1, 0.15) is 18.1 Å². The molecule has 1 saturated carbocycles. The summed E-state index contributed by atoms with van der Waals surface area (Å²) in [6, 6.07) is 21.6. The van der Waals surface area contributed by atoms with E-state index < -0.39 is 22.0 Å². The highest BCUT2D eigenvalue weighted by molar-refractivity contribution is 7.89. The second kappa shape index (κ2) is 12.2. The standard InChI is InChI=1S/C30H34N6O4S/c1-34(2)41(39,40)25-19-17-24(18-20-25)36(28(37)21-35-27-16-10-9-15-26(27)32-33-35)29(22-11-5-3-6-12-22)30(38)31-23-13-7-4-8-14-23/h3,5-6,9-12,15-20,23,29H,4,7-8,13-14,21H2,1-2H3,(H,31,38). The fourth-order valence-corrected chi connectivity index (χ4v) is 6.15. The van der Waals surface area contributed by atoms with Gasteiger partial charge in [0.25, 0.3) is 0 Å². The van der Waals surface area contributed by atoms with Gasteiger partial charge >= 0.3 is 0 Å². The molecular formula is C30H34N6O4S. The number of hydrogen-bond donors (Lipinski definition) is 1. The van der Waals surface area contributed by atoms with Crippen molar-refractivity contribution in [2.75, 3.05) is 19.0 Å². The molecule has 5 rings (SSSR count). The number of hydrogen-bond acceptors (Lipinski definition) is 6. The van der Waals surface area contributed by atoms with Crippen LogP contribution in [0.4, 0.5) is 5.69 Å². The first kappa shape index (κ1) is 28.4. The quantitative estimate of drug-likeness (QED) is 0.324. The zero-order valence-corrected chi connectivity index (χ0v) is 24.0. The fourth-order valence-electron chi connectivity index (χ4n) is 5.25. The van der Waals surface area contributed by atoms with E-state index in [0.29, 0.717) is 22.3 Å². The number of carbonyl (C=O) groups is 2. The van der Waals surface area contributed by atoms with Crippen molar-refractivity contribution in [3.63, 3.8) is 0 Å². The first-order valence-corrected chi connectivity index (χ1v) is 15.2. The lowest BCUT2D eigenvalue weighted by atomic mass is 9.94. The molecule has 10 nitrogen and oxygen atoms in total. The van der Waals surface area contributed by atoms with Crippen LogP contribution in [-0.2, 0) is 26.2 Å². The molecule has 0 aliphatic heterocycles. The van der Waals surface area contributed by atoms with Gasteiger partial charge in [-0.25, -0.2) is 17.4 Å². The van der Waals surface area contributed by atoms with E-state index in [0.717, 1.165) is 36.4 Å². The number of aromatic nitrogens is 3. The molecule has 1 heterocycles. The summed E-state index contributed by atoms with van der Waals surface area (Å²) in [5.74, 6) is -0.679. The van der Waals surface area contributed by atoms with E-state index in [1.54, 1.807) is 12.1 Å². The van der Waals surface area contributed by atoms with Gasteiger partial charge in [0.15, 0.2) is 0 Å². The third kappa shape index (κ3) is 6.15. The molecule has 0 spiro atoms. The van der Waals surface area contributed by atoms with Crippen molar-refractivity contribution < 1.29 is 18.0 Å². The monoisotopic (exact) mass is 574 g/mol. The van der Waals surface area contributed by atoms with Gasteiger partial charge in [-0.1, -0.05) is 66.9 Å². The molecule has 1 aromatic heterocycles. The first-order chi connectivity index (χ1) is 19.8. The van der Waals surface area contributed by atoms with Crippen LogP contribution < -0.4 is 10.2 Å². The lowest BCUT2D eigenvalue weighted by Crippen LogP contribution is -2.48. The van der Waals surface area contributed by atoms with Crippen LogP contribution in [0.5, 0.6) is 0 Å². The molecule has 1 aliphatic rings. The van der Waals surface area contributed by atoms with Gasteiger partial charge in [0, 0.05) is 25.8 Å². The number of sulfonamides is 1. The van der Waals surface area contributed by atoms with Crippen LogP contribution in [0.15, 0.2) is 83.8 Å². The summed E-state index contributed by atoms with van der Waals surface area (Å²) in [4.78, 5) is 29.7. The number of rotatable bonds is 9. The summed E-state index contributed by atoms with van der Waals surface area (Å²) in [5, 5.41) is 11.5. The molecule has 0 radical (unpaired) electrons. The maximum atomic E-state index is 14.2. The molecule has 2 amide bonds. The number of anilines is 1. The normalized spacial score (nSPS) is 15.1. The van der Waals surface area contributed by atoms with Crippen molar-refractivity contribution in [1.29, 1.82) is 0 Å². The minimum Gasteiger partial charge on any atom is -0.351 e. The van der Waals surface area contributed by atoms with E-state index in [9.17, 15) is 18.0 Å². The van der Waals surface area contributed by atoms with Crippen molar-refractivity contribution in [1.82, 2.24) is 24.6 Å². The van der Waals surface area contributed by atoms with Gasteiger partial charge < -0.3 is 5.32 Å². The Balaban J connectivity index is 1.57. The highest BCUT2D eigenvalue weighted by atomic mass is 32.2. The predicted molar refractivity (Wildman–Crippen MR) is 157 cm³/mol. The molecule has 1 fully saturated rings. The van der Waals surface area contributed by atoms with E-state index in [1.807, 2.05) is 54.6 Å². The van der Waals surface area contributed by atoms with Crippen molar-refractivity contribution in [3.05, 3.63) is 84.4 Å². The molecule has 1 unspecified atom stereocenters. The van der Waals surface area contributed by atoms with E-state index in [1.165, 1.54) is 35.8 Å². The lowest BCUT2D eigenvalue weighted by molar-refractivity contribution is -0.127. The molecule has 1 atom stereocenters. The van der Waals surface area contributed by atoms with Gasteiger partial charge in [-0.15, -0.1) is 5.10 Å². The average molecular weight is 575 g/mol. The molecule has 214 valence electrons. The zero-order valence-electron chi connectivity index (χ0n) is 23.2. The second-order valence-corrected chi connectivity index (χ2v) is 12.6. The van der Waals surface area contributed by atoms with Crippen molar-refractivity contribution in [2.45, 2.75) is 55.6 Å². The molecule has 1 N–H and O–H groups in total. The van der Waals surface area contributed by atoms with Crippen LogP contribution in [-0.4, -0.2) is 59.7 Å². The Bertz CT molecular complexity index is 1610. The number of nitrogens with zero attached hydrogens (tertiary/aromatic N) is 5. The molecular weight excluding hydrogens is 540 g/mol. The van der Waals surface area contributed by atoms with Gasteiger partial charge in [0.2, 0.25) is 21.8 Å². The van der Waals surface area contributed by atoms with Crippen LogP contribution >= 0.6 is 0 Å². The Morgan fingerprint density at radius 3 is 2.27 bits per heavy atom. The highest BCUT2D eigenvalue weighted by Gasteiger charge is 2.34. The molecule has 4 aromatic rings.